The molecule has 0 aromatic carbocycles. The van der Waals surface area contributed by atoms with Crippen LogP contribution in [0.4, 0.5) is 11.6 Å². The van der Waals surface area contributed by atoms with Gasteiger partial charge < -0.3 is 44.3 Å². The fourth-order valence-electron chi connectivity index (χ4n) is 5.49. The fourth-order valence-corrected chi connectivity index (χ4v) is 8.27. The van der Waals surface area contributed by atoms with E-state index in [4.69, 9.17) is 46.3 Å². The number of ether oxygens (including phenoxy) is 2. The molecule has 0 radical (unpaired) electrons. The second-order valence-electron chi connectivity index (χ2n) is 11.0. The van der Waals surface area contributed by atoms with Gasteiger partial charge in [0.05, 0.1) is 31.7 Å². The first-order chi connectivity index (χ1) is 21.2. The van der Waals surface area contributed by atoms with Gasteiger partial charge in [-0.25, -0.2) is 24.9 Å². The molecule has 0 spiro atoms. The largest absolute Gasteiger partial charge is 0.382 e. The number of fused-ring (bicyclic) bond motifs is 2. The molecule has 6 N–H and O–H groups in total. The lowest BCUT2D eigenvalue weighted by atomic mass is 10.0. The number of aromatic nitrogens is 7. The van der Waals surface area contributed by atoms with Crippen LogP contribution >= 0.6 is 25.7 Å². The quantitative estimate of drug-likeness (QED) is 0.172. The molecular formula is C23H31N9O9P2S2. The summed E-state index contributed by atoms with van der Waals surface area (Å²) in [6, 6.07) is 0. The standard InChI is InChI=1S/C23H31N9O9P2S2/c1-10-4-12(39-21(10)31-9-30-14-17(24)26-7-28-19(14)31)5-38-43(36,44)41-15-11(2)13(6-37-42(3,34)35)40-22(15)32-20-16(45-23(32)33)18(25)27-8-29-20/h7-13,15,21-22H,4-6H2,1-3H3,(H,34,35)(H,36,44)(H2,24,26,28)(H2,25,27,29)/t10?,11?,12-,13+,15+,21+,22+,43?/m0/s1. The molecule has 244 valence electrons. The Hall–Kier alpha value is -2.48. The minimum absolute atomic E-state index is 0.0206. The molecule has 4 aromatic heterocycles. The monoisotopic (exact) mass is 703 g/mol. The Morgan fingerprint density at radius 3 is 2.49 bits per heavy atom. The highest BCUT2D eigenvalue weighted by atomic mass is 32.5. The highest BCUT2D eigenvalue weighted by Gasteiger charge is 2.48. The maximum absolute atomic E-state index is 13.1. The van der Waals surface area contributed by atoms with Crippen LogP contribution in [0.3, 0.4) is 0 Å². The third kappa shape index (κ3) is 6.55. The van der Waals surface area contributed by atoms with Crippen LogP contribution in [0.2, 0.25) is 0 Å². The van der Waals surface area contributed by atoms with E-state index in [1.165, 1.54) is 17.2 Å². The normalized spacial score (nSPS) is 29.8. The van der Waals surface area contributed by atoms with E-state index in [1.807, 2.05) is 6.92 Å². The summed E-state index contributed by atoms with van der Waals surface area (Å²) in [6.07, 6.45) is 0.802. The molecule has 22 heteroatoms. The highest BCUT2D eigenvalue weighted by Crippen LogP contribution is 2.52. The van der Waals surface area contributed by atoms with E-state index in [-0.39, 0.29) is 36.4 Å². The van der Waals surface area contributed by atoms with Crippen molar-refractivity contribution in [2.75, 3.05) is 31.3 Å². The van der Waals surface area contributed by atoms with Gasteiger partial charge in [0.15, 0.2) is 23.3 Å². The topological polar surface area (TPSA) is 247 Å². The molecular weight excluding hydrogens is 672 g/mol. The average Bonchev–Trinajstić information content (AvgIpc) is 3.71. The molecule has 0 saturated carbocycles. The summed E-state index contributed by atoms with van der Waals surface area (Å²) in [5, 5.41) is 0. The molecule has 2 saturated heterocycles. The smallest absolute Gasteiger partial charge is 0.325 e. The zero-order chi connectivity index (χ0) is 32.3. The van der Waals surface area contributed by atoms with E-state index in [0.29, 0.717) is 22.3 Å². The van der Waals surface area contributed by atoms with Crippen LogP contribution in [-0.2, 0) is 39.4 Å². The van der Waals surface area contributed by atoms with Crippen molar-refractivity contribution < 1.29 is 37.4 Å². The number of anilines is 2. The summed E-state index contributed by atoms with van der Waals surface area (Å²) in [4.78, 5) is 54.2. The molecule has 9 atom stereocenters. The molecule has 4 unspecified atom stereocenters. The number of nitrogens with two attached hydrogens (primary N) is 2. The first-order valence-corrected chi connectivity index (χ1v) is 19.1. The van der Waals surface area contributed by atoms with Gasteiger partial charge in [-0.2, -0.15) is 0 Å². The number of thiazole rings is 1. The number of nitrogen functional groups attached to an aromatic ring is 2. The summed E-state index contributed by atoms with van der Waals surface area (Å²) in [7, 11) is -3.85. The van der Waals surface area contributed by atoms with E-state index < -0.39 is 55.9 Å². The summed E-state index contributed by atoms with van der Waals surface area (Å²) in [6.45, 7) is 0.400. The van der Waals surface area contributed by atoms with E-state index in [2.05, 4.69) is 24.9 Å². The SMILES string of the molecule is CC1C[C@@H](COP(O)(=S)O[C@@H]2C(C)[C@@H](COP(C)(=O)O)O[C@H]2n2c(=O)sc3c(N)ncnc32)O[C@H]1n1cnc2c(N)ncnc21. The summed E-state index contributed by atoms with van der Waals surface area (Å²) in [5.74, 6) is -0.201. The van der Waals surface area contributed by atoms with Crippen LogP contribution in [0.1, 0.15) is 32.7 Å². The fraction of sp³-hybridized carbons (Fsp3) is 0.565. The maximum Gasteiger partial charge on any atom is 0.325 e. The second kappa shape index (κ2) is 12.3. The molecule has 6 rings (SSSR count). The van der Waals surface area contributed by atoms with Crippen molar-refractivity contribution in [1.29, 1.82) is 0 Å². The van der Waals surface area contributed by atoms with Crippen LogP contribution in [0, 0.1) is 11.8 Å². The van der Waals surface area contributed by atoms with E-state index >= 15 is 0 Å². The molecule has 2 aliphatic rings. The zero-order valence-electron chi connectivity index (χ0n) is 24.1. The van der Waals surface area contributed by atoms with Crippen LogP contribution in [-0.4, -0.2) is 82.0 Å². The summed E-state index contributed by atoms with van der Waals surface area (Å²) >= 11 is 6.21. The third-order valence-corrected chi connectivity index (χ3v) is 10.8. The number of hydrogen-bond donors (Lipinski definition) is 4. The van der Waals surface area contributed by atoms with Gasteiger partial charge in [0.25, 0.3) is 0 Å². The molecule has 18 nitrogen and oxygen atoms in total. The first-order valence-electron chi connectivity index (χ1n) is 13.7. The predicted molar refractivity (Wildman–Crippen MR) is 166 cm³/mol. The summed E-state index contributed by atoms with van der Waals surface area (Å²) < 4.78 is 44.4. The average molecular weight is 704 g/mol. The lowest BCUT2D eigenvalue weighted by molar-refractivity contribution is -0.0493. The Bertz CT molecular complexity index is 1880. The lowest BCUT2D eigenvalue weighted by Crippen LogP contribution is -2.31. The van der Waals surface area contributed by atoms with E-state index in [9.17, 15) is 19.1 Å². The van der Waals surface area contributed by atoms with Gasteiger partial charge in [0, 0.05) is 18.5 Å². The number of imidazole rings is 1. The minimum Gasteiger partial charge on any atom is -0.382 e. The maximum atomic E-state index is 13.1. The van der Waals surface area contributed by atoms with Crippen molar-refractivity contribution in [2.24, 2.45) is 11.8 Å². The minimum atomic E-state index is -3.98. The van der Waals surface area contributed by atoms with E-state index in [1.54, 1.807) is 17.8 Å². The summed E-state index contributed by atoms with van der Waals surface area (Å²) in [5.41, 5.74) is 13.1. The van der Waals surface area contributed by atoms with Gasteiger partial charge in [-0.05, 0) is 18.2 Å². The number of nitrogens with zero attached hydrogens (tertiary/aromatic N) is 7. The van der Waals surface area contributed by atoms with Crippen LogP contribution in [0.5, 0.6) is 0 Å². The molecule has 4 aromatic rings. The van der Waals surface area contributed by atoms with Gasteiger partial charge in [0.2, 0.25) is 0 Å². The van der Waals surface area contributed by atoms with Crippen molar-refractivity contribution in [3.8, 4) is 0 Å². The number of rotatable bonds is 10. The van der Waals surface area contributed by atoms with Crippen molar-refractivity contribution >= 4 is 70.6 Å². The Morgan fingerprint density at radius 2 is 1.76 bits per heavy atom. The number of hydrogen-bond acceptors (Lipinski definition) is 16. The Kier molecular flexibility index (Phi) is 8.86. The zero-order valence-corrected chi connectivity index (χ0v) is 27.6. The van der Waals surface area contributed by atoms with Crippen molar-refractivity contribution in [1.82, 2.24) is 34.1 Å². The third-order valence-electron chi connectivity index (χ3n) is 7.65. The highest BCUT2D eigenvalue weighted by molar-refractivity contribution is 8.07. The molecule has 2 aliphatic heterocycles. The van der Waals surface area contributed by atoms with Crippen molar-refractivity contribution in [3.05, 3.63) is 28.6 Å². The molecule has 2 fully saturated rings. The second-order valence-corrected chi connectivity index (χ2v) is 16.6. The van der Waals surface area contributed by atoms with Gasteiger partial charge in [-0.15, -0.1) is 0 Å². The first kappa shape index (κ1) is 32.5. The molecule has 45 heavy (non-hydrogen) atoms. The van der Waals surface area contributed by atoms with E-state index in [0.717, 1.165) is 18.0 Å². The van der Waals surface area contributed by atoms with Gasteiger partial charge >= 0.3 is 19.2 Å². The molecule has 0 amide bonds. The van der Waals surface area contributed by atoms with Crippen LogP contribution in [0.15, 0.2) is 23.8 Å². The predicted octanol–water partition coefficient (Wildman–Crippen LogP) is 1.76. The lowest BCUT2D eigenvalue weighted by Gasteiger charge is -2.27. The van der Waals surface area contributed by atoms with Crippen molar-refractivity contribution in [2.45, 2.75) is 51.0 Å². The Labute approximate surface area is 264 Å². The van der Waals surface area contributed by atoms with Gasteiger partial charge in [-0.3, -0.25) is 18.5 Å². The Morgan fingerprint density at radius 1 is 1.04 bits per heavy atom. The van der Waals surface area contributed by atoms with Crippen LogP contribution in [0.25, 0.3) is 21.5 Å². The van der Waals surface area contributed by atoms with Gasteiger partial charge in [0.1, 0.15) is 41.0 Å². The molecule has 0 bridgehead atoms. The van der Waals surface area contributed by atoms with Crippen molar-refractivity contribution in [3.63, 3.8) is 0 Å². The van der Waals surface area contributed by atoms with Gasteiger partial charge in [-0.1, -0.05) is 25.2 Å². The molecule has 0 aliphatic carbocycles. The molecule has 6 heterocycles. The van der Waals surface area contributed by atoms with Crippen LogP contribution < -0.4 is 16.3 Å². The Balaban J connectivity index is 1.19.